The zero-order valence-corrected chi connectivity index (χ0v) is 8.09. The molecule has 1 unspecified atom stereocenters. The van der Waals surface area contributed by atoms with Gasteiger partial charge in [0.2, 0.25) is 0 Å². The predicted molar refractivity (Wildman–Crippen MR) is 45.6 cm³/mol. The smallest absolute Gasteiger partial charge is 0.430 e. The third-order valence-electron chi connectivity index (χ3n) is 1.25. The first-order valence-electron chi connectivity index (χ1n) is 4.19. The van der Waals surface area contributed by atoms with Gasteiger partial charge >= 0.3 is 6.16 Å². The van der Waals surface area contributed by atoms with Gasteiger partial charge in [0.1, 0.15) is 6.10 Å². The summed E-state index contributed by atoms with van der Waals surface area (Å²) in [5.74, 6) is 0. The number of carbonyl (C=O) groups is 1. The van der Waals surface area contributed by atoms with Crippen LogP contribution in [0.3, 0.4) is 0 Å². The highest BCUT2D eigenvalue weighted by Gasteiger charge is 2.08. The lowest BCUT2D eigenvalue weighted by atomic mass is 10.3. The van der Waals surface area contributed by atoms with E-state index in [0.29, 0.717) is 0 Å². The molecule has 0 heterocycles. The minimum Gasteiger partial charge on any atom is -0.430 e. The molecule has 0 radical (unpaired) electrons. The summed E-state index contributed by atoms with van der Waals surface area (Å²) >= 11 is 0. The molecule has 0 aromatic heterocycles. The molecular formula is C8H17NO3. The van der Waals surface area contributed by atoms with Gasteiger partial charge < -0.3 is 9.57 Å². The van der Waals surface area contributed by atoms with Gasteiger partial charge in [-0.05, 0) is 27.2 Å². The average molecular weight is 175 g/mol. The molecule has 4 heteroatoms. The van der Waals surface area contributed by atoms with Gasteiger partial charge in [-0.1, -0.05) is 6.92 Å². The fourth-order valence-electron chi connectivity index (χ4n) is 0.438. The molecule has 72 valence electrons. The molecule has 12 heavy (non-hydrogen) atoms. The Bertz CT molecular complexity index is 136. The largest absolute Gasteiger partial charge is 0.527 e. The molecular weight excluding hydrogens is 158 g/mol. The van der Waals surface area contributed by atoms with Crippen LogP contribution in [0.1, 0.15) is 34.1 Å². The first-order valence-corrected chi connectivity index (χ1v) is 4.19. The minimum atomic E-state index is -0.668. The number of rotatable bonds is 4. The van der Waals surface area contributed by atoms with Crippen LogP contribution in [-0.4, -0.2) is 18.3 Å². The molecule has 0 rings (SSSR count). The molecule has 0 fully saturated rings. The Balaban J connectivity index is 3.46. The second-order valence-electron chi connectivity index (χ2n) is 2.96. The number of hydrogen-bond donors (Lipinski definition) is 1. The van der Waals surface area contributed by atoms with Crippen molar-refractivity contribution in [1.82, 2.24) is 5.48 Å². The Morgan fingerprint density at radius 1 is 1.42 bits per heavy atom. The Hall–Kier alpha value is -0.770. The van der Waals surface area contributed by atoms with Crippen molar-refractivity contribution < 1.29 is 14.4 Å². The molecule has 0 bridgehead atoms. The van der Waals surface area contributed by atoms with Crippen LogP contribution in [0.25, 0.3) is 0 Å². The molecule has 0 aromatic carbocycles. The van der Waals surface area contributed by atoms with Gasteiger partial charge in [0.15, 0.2) is 0 Å². The third-order valence-corrected chi connectivity index (χ3v) is 1.25. The van der Waals surface area contributed by atoms with Crippen molar-refractivity contribution in [2.45, 2.75) is 46.3 Å². The summed E-state index contributed by atoms with van der Waals surface area (Å²) in [7, 11) is 0. The standard InChI is InChI=1S/C8H17NO3/c1-5-7(4)11-8(10)12-9-6(2)3/h6-7,9H,5H2,1-4H3. The minimum absolute atomic E-state index is 0.0912. The van der Waals surface area contributed by atoms with Crippen molar-refractivity contribution in [2.24, 2.45) is 0 Å². The van der Waals surface area contributed by atoms with Crippen molar-refractivity contribution >= 4 is 6.16 Å². The SMILES string of the molecule is CCC(C)OC(=O)ONC(C)C. The van der Waals surface area contributed by atoms with E-state index in [-0.39, 0.29) is 12.1 Å². The van der Waals surface area contributed by atoms with Crippen molar-refractivity contribution in [2.75, 3.05) is 0 Å². The number of hydroxylamine groups is 1. The van der Waals surface area contributed by atoms with Gasteiger partial charge in [0, 0.05) is 6.04 Å². The Morgan fingerprint density at radius 3 is 2.42 bits per heavy atom. The lowest BCUT2D eigenvalue weighted by molar-refractivity contribution is -0.0113. The molecule has 0 aliphatic carbocycles. The summed E-state index contributed by atoms with van der Waals surface area (Å²) in [4.78, 5) is 15.4. The monoisotopic (exact) mass is 175 g/mol. The first kappa shape index (κ1) is 11.2. The van der Waals surface area contributed by atoms with E-state index < -0.39 is 6.16 Å². The summed E-state index contributed by atoms with van der Waals surface area (Å²) in [5, 5.41) is 0. The Morgan fingerprint density at radius 2 is 2.00 bits per heavy atom. The summed E-state index contributed by atoms with van der Waals surface area (Å²) in [6, 6.07) is 0.106. The second kappa shape index (κ2) is 5.83. The van der Waals surface area contributed by atoms with Crippen LogP contribution in [0.2, 0.25) is 0 Å². The molecule has 1 atom stereocenters. The van der Waals surface area contributed by atoms with Crippen LogP contribution in [0.5, 0.6) is 0 Å². The van der Waals surface area contributed by atoms with Gasteiger partial charge in [-0.2, -0.15) is 0 Å². The fourth-order valence-corrected chi connectivity index (χ4v) is 0.438. The van der Waals surface area contributed by atoms with Crippen LogP contribution in [0, 0.1) is 0 Å². The van der Waals surface area contributed by atoms with Crippen LogP contribution >= 0.6 is 0 Å². The van der Waals surface area contributed by atoms with Crippen molar-refractivity contribution in [3.8, 4) is 0 Å². The number of ether oxygens (including phenoxy) is 1. The van der Waals surface area contributed by atoms with E-state index >= 15 is 0 Å². The van der Waals surface area contributed by atoms with E-state index in [2.05, 4.69) is 10.3 Å². The maximum atomic E-state index is 10.8. The van der Waals surface area contributed by atoms with E-state index in [0.717, 1.165) is 6.42 Å². The van der Waals surface area contributed by atoms with Gasteiger partial charge in [0.25, 0.3) is 0 Å². The quantitative estimate of drug-likeness (QED) is 0.523. The van der Waals surface area contributed by atoms with Crippen molar-refractivity contribution in [1.29, 1.82) is 0 Å². The van der Waals surface area contributed by atoms with Gasteiger partial charge in [-0.15, -0.1) is 5.48 Å². The molecule has 0 saturated heterocycles. The average Bonchev–Trinajstić information content (AvgIpc) is 2.00. The van der Waals surface area contributed by atoms with Gasteiger partial charge in [0.05, 0.1) is 0 Å². The van der Waals surface area contributed by atoms with E-state index in [4.69, 9.17) is 4.74 Å². The normalized spacial score (nSPS) is 12.8. The number of nitrogens with one attached hydrogen (secondary N) is 1. The van der Waals surface area contributed by atoms with Gasteiger partial charge in [-0.25, -0.2) is 4.79 Å². The Kier molecular flexibility index (Phi) is 5.45. The summed E-state index contributed by atoms with van der Waals surface area (Å²) in [6.07, 6.45) is 0.0288. The maximum Gasteiger partial charge on any atom is 0.527 e. The molecule has 4 nitrogen and oxygen atoms in total. The lowest BCUT2D eigenvalue weighted by Crippen LogP contribution is -2.28. The highest BCUT2D eigenvalue weighted by Crippen LogP contribution is 1.97. The molecule has 0 aliphatic heterocycles. The fraction of sp³-hybridized carbons (Fsp3) is 0.875. The van der Waals surface area contributed by atoms with E-state index in [1.54, 1.807) is 0 Å². The molecule has 0 amide bonds. The lowest BCUT2D eigenvalue weighted by Gasteiger charge is -2.12. The zero-order valence-electron chi connectivity index (χ0n) is 8.09. The third kappa shape index (κ3) is 5.97. The highest BCUT2D eigenvalue weighted by atomic mass is 16.8. The van der Waals surface area contributed by atoms with Crippen LogP contribution in [0.15, 0.2) is 0 Å². The molecule has 0 spiro atoms. The van der Waals surface area contributed by atoms with E-state index in [1.165, 1.54) is 0 Å². The number of carbonyl (C=O) groups excluding carboxylic acids is 1. The Labute approximate surface area is 73.2 Å². The highest BCUT2D eigenvalue weighted by molar-refractivity contribution is 5.59. The summed E-state index contributed by atoms with van der Waals surface area (Å²) in [5.41, 5.74) is 2.50. The molecule has 0 saturated carbocycles. The molecule has 1 N–H and O–H groups in total. The topological polar surface area (TPSA) is 47.6 Å². The summed E-state index contributed by atoms with van der Waals surface area (Å²) < 4.78 is 4.83. The zero-order chi connectivity index (χ0) is 9.56. The van der Waals surface area contributed by atoms with E-state index in [9.17, 15) is 4.79 Å². The second-order valence-corrected chi connectivity index (χ2v) is 2.96. The predicted octanol–water partition coefficient (Wildman–Crippen LogP) is 1.85. The van der Waals surface area contributed by atoms with Crippen LogP contribution < -0.4 is 5.48 Å². The number of hydrogen-bond acceptors (Lipinski definition) is 4. The summed E-state index contributed by atoms with van der Waals surface area (Å²) in [6.45, 7) is 7.50. The van der Waals surface area contributed by atoms with Crippen LogP contribution in [-0.2, 0) is 9.57 Å². The van der Waals surface area contributed by atoms with Crippen molar-refractivity contribution in [3.63, 3.8) is 0 Å². The molecule has 0 aliphatic rings. The van der Waals surface area contributed by atoms with E-state index in [1.807, 2.05) is 27.7 Å². The maximum absolute atomic E-state index is 10.8. The molecule has 0 aromatic rings. The van der Waals surface area contributed by atoms with Crippen LogP contribution in [0.4, 0.5) is 4.79 Å². The first-order chi connectivity index (χ1) is 5.56. The van der Waals surface area contributed by atoms with Gasteiger partial charge in [-0.3, -0.25) is 0 Å². The van der Waals surface area contributed by atoms with Crippen molar-refractivity contribution in [3.05, 3.63) is 0 Å².